The molecule has 1 saturated heterocycles. The Balaban J connectivity index is 1.29. The third-order valence-corrected chi connectivity index (χ3v) is 8.15. The summed E-state index contributed by atoms with van der Waals surface area (Å²) in [5, 5.41) is 3.02. The Labute approximate surface area is 229 Å². The fraction of sp³-hybridized carbons (Fsp3) is 0.312. The maximum atomic E-state index is 13.8. The van der Waals surface area contributed by atoms with E-state index in [9.17, 15) is 9.59 Å². The third-order valence-electron chi connectivity index (χ3n) is 8.15. The number of rotatable bonds is 4. The highest BCUT2D eigenvalue weighted by Gasteiger charge is 2.34. The fourth-order valence-electron chi connectivity index (χ4n) is 5.96. The van der Waals surface area contributed by atoms with Crippen LogP contribution in [0.5, 0.6) is 0 Å². The molecule has 0 radical (unpaired) electrons. The number of aryl methyl sites for hydroxylation is 1. The summed E-state index contributed by atoms with van der Waals surface area (Å²) in [6.07, 6.45) is 4.35. The summed E-state index contributed by atoms with van der Waals surface area (Å²) >= 11 is 0. The lowest BCUT2D eigenvalue weighted by Crippen LogP contribution is -2.39. The van der Waals surface area contributed by atoms with Crippen molar-refractivity contribution in [2.45, 2.75) is 39.7 Å². The Kier molecular flexibility index (Phi) is 6.61. The monoisotopic (exact) mass is 522 g/mol. The Hall–Kier alpha value is -4.10. The van der Waals surface area contributed by atoms with E-state index in [-0.39, 0.29) is 17.7 Å². The van der Waals surface area contributed by atoms with Gasteiger partial charge < -0.3 is 24.8 Å². The second-order valence-electron chi connectivity index (χ2n) is 10.6. The van der Waals surface area contributed by atoms with Gasteiger partial charge in [-0.15, -0.1) is 0 Å². The van der Waals surface area contributed by atoms with E-state index in [4.69, 9.17) is 4.74 Å². The first-order chi connectivity index (χ1) is 18.9. The van der Waals surface area contributed by atoms with Gasteiger partial charge in [0.1, 0.15) is 5.70 Å². The van der Waals surface area contributed by atoms with Crippen molar-refractivity contribution < 1.29 is 14.3 Å². The van der Waals surface area contributed by atoms with E-state index in [1.54, 1.807) is 0 Å². The minimum absolute atomic E-state index is 0.0238. The van der Waals surface area contributed by atoms with E-state index in [1.807, 2.05) is 60.1 Å². The Morgan fingerprint density at radius 3 is 2.64 bits per heavy atom. The molecule has 7 nitrogen and oxygen atoms in total. The Morgan fingerprint density at radius 1 is 1.13 bits per heavy atom. The zero-order valence-electron chi connectivity index (χ0n) is 22.5. The molecule has 7 heteroatoms. The zero-order valence-corrected chi connectivity index (χ0v) is 22.5. The van der Waals surface area contributed by atoms with Crippen LogP contribution in [-0.4, -0.2) is 41.5 Å². The smallest absolute Gasteiger partial charge is 0.272 e. The molecule has 6 rings (SSSR count). The molecule has 3 aromatic rings. The number of allylic oxidation sites excluding steroid dienone is 2. The molecule has 2 N–H and O–H groups in total. The average Bonchev–Trinajstić information content (AvgIpc) is 3.40. The van der Waals surface area contributed by atoms with Crippen LogP contribution in [0.3, 0.4) is 0 Å². The summed E-state index contributed by atoms with van der Waals surface area (Å²) < 4.78 is 5.55. The number of nitrogens with zero attached hydrogens (tertiary/aromatic N) is 2. The van der Waals surface area contributed by atoms with Crippen molar-refractivity contribution >= 4 is 23.2 Å². The highest BCUT2D eigenvalue weighted by Crippen LogP contribution is 2.41. The molecule has 2 aromatic carbocycles. The topological polar surface area (TPSA) is 77.7 Å². The van der Waals surface area contributed by atoms with Gasteiger partial charge >= 0.3 is 0 Å². The average molecular weight is 523 g/mol. The summed E-state index contributed by atoms with van der Waals surface area (Å²) in [5.41, 5.74) is 8.98. The first-order valence-electron chi connectivity index (χ1n) is 13.7. The number of ether oxygens (including phenoxy) is 1. The van der Waals surface area contributed by atoms with Gasteiger partial charge in [-0.1, -0.05) is 43.0 Å². The molecule has 39 heavy (non-hydrogen) atoms. The summed E-state index contributed by atoms with van der Waals surface area (Å²) in [7, 11) is 0. The van der Waals surface area contributed by atoms with Gasteiger partial charge in [0.05, 0.1) is 11.4 Å². The highest BCUT2D eigenvalue weighted by atomic mass is 16.5. The number of nitrogens with one attached hydrogen (secondary N) is 2. The molecule has 0 unspecified atom stereocenters. The number of fused-ring (bicyclic) bond motifs is 2. The number of hydrogen-bond donors (Lipinski definition) is 2. The molecule has 200 valence electrons. The van der Waals surface area contributed by atoms with Crippen molar-refractivity contribution in [1.82, 2.24) is 9.88 Å². The first-order valence-corrected chi connectivity index (χ1v) is 13.7. The van der Waals surface area contributed by atoms with E-state index < -0.39 is 0 Å². The first kappa shape index (κ1) is 25.2. The van der Waals surface area contributed by atoms with Gasteiger partial charge in [0.2, 0.25) is 0 Å². The summed E-state index contributed by atoms with van der Waals surface area (Å²) in [6, 6.07) is 16.2. The molecule has 2 amide bonds. The number of H-pyrrole nitrogens is 1. The number of carbonyl (C=O) groups excluding carboxylic acids is 2. The van der Waals surface area contributed by atoms with Gasteiger partial charge in [0, 0.05) is 61.3 Å². The molecule has 1 fully saturated rings. The number of hydrogen-bond acceptors (Lipinski definition) is 4. The summed E-state index contributed by atoms with van der Waals surface area (Å²) in [5.74, 6) is 0.0203. The van der Waals surface area contributed by atoms with Crippen LogP contribution in [0.25, 0.3) is 11.3 Å². The summed E-state index contributed by atoms with van der Waals surface area (Å²) in [4.78, 5) is 34.4. The van der Waals surface area contributed by atoms with Crippen LogP contribution in [0.1, 0.15) is 46.9 Å². The number of amides is 2. The molecule has 3 aliphatic heterocycles. The van der Waals surface area contributed by atoms with Crippen molar-refractivity contribution in [3.05, 3.63) is 95.0 Å². The van der Waals surface area contributed by atoms with Crippen molar-refractivity contribution in [3.63, 3.8) is 0 Å². The molecule has 1 aromatic heterocycles. The molecule has 0 aliphatic carbocycles. The van der Waals surface area contributed by atoms with E-state index in [2.05, 4.69) is 35.1 Å². The minimum atomic E-state index is -0.191. The number of aromatic nitrogens is 1. The van der Waals surface area contributed by atoms with E-state index in [0.717, 1.165) is 53.0 Å². The molecule has 0 spiro atoms. The van der Waals surface area contributed by atoms with Crippen LogP contribution in [0.15, 0.2) is 72.6 Å². The second-order valence-corrected chi connectivity index (χ2v) is 10.6. The predicted octanol–water partition coefficient (Wildman–Crippen LogP) is 5.79. The van der Waals surface area contributed by atoms with Crippen LogP contribution >= 0.6 is 0 Å². The van der Waals surface area contributed by atoms with E-state index in [1.165, 1.54) is 5.69 Å². The van der Waals surface area contributed by atoms with Crippen molar-refractivity contribution in [3.8, 4) is 11.3 Å². The maximum absolute atomic E-state index is 13.8. The number of benzene rings is 2. The number of carbonyl (C=O) groups is 2. The lowest BCUT2D eigenvalue weighted by Gasteiger charge is -2.38. The molecule has 0 atom stereocenters. The molecular formula is C32H34N4O3. The van der Waals surface area contributed by atoms with Crippen LogP contribution < -0.4 is 10.2 Å². The zero-order chi connectivity index (χ0) is 27.1. The van der Waals surface area contributed by atoms with Gasteiger partial charge in [0.25, 0.3) is 11.8 Å². The van der Waals surface area contributed by atoms with Crippen LogP contribution in [0, 0.1) is 12.8 Å². The normalized spacial score (nSPS) is 18.5. The maximum Gasteiger partial charge on any atom is 0.272 e. The van der Waals surface area contributed by atoms with Crippen molar-refractivity contribution in [1.29, 1.82) is 0 Å². The Bertz CT molecular complexity index is 1480. The predicted molar refractivity (Wildman–Crippen MR) is 153 cm³/mol. The van der Waals surface area contributed by atoms with Gasteiger partial charge in [-0.2, -0.15) is 0 Å². The van der Waals surface area contributed by atoms with Gasteiger partial charge in [0.15, 0.2) is 0 Å². The molecular weight excluding hydrogens is 488 g/mol. The van der Waals surface area contributed by atoms with Crippen molar-refractivity contribution in [2.24, 2.45) is 5.92 Å². The van der Waals surface area contributed by atoms with Crippen molar-refractivity contribution in [2.75, 3.05) is 30.0 Å². The quantitative estimate of drug-likeness (QED) is 0.425. The highest BCUT2D eigenvalue weighted by molar-refractivity contribution is 6.13. The van der Waals surface area contributed by atoms with Gasteiger partial charge in [-0.25, -0.2) is 0 Å². The van der Waals surface area contributed by atoms with Crippen LogP contribution in [-0.2, 0) is 22.5 Å². The molecule has 0 saturated carbocycles. The van der Waals surface area contributed by atoms with E-state index >= 15 is 0 Å². The third kappa shape index (κ3) is 4.57. The number of aromatic amines is 1. The second kappa shape index (κ2) is 10.2. The largest absolute Gasteiger partial charge is 0.381 e. The van der Waals surface area contributed by atoms with Gasteiger partial charge in [-0.05, 0) is 61.6 Å². The standard InChI is InChI=1S/C32H34N4O3/c1-4-29-31(37)34-28-18-25(20(2)16-30(28)36(29)21(3)22-11-14-39-15-12-22)32(38)35-13-10-26-24(19-35)17-27(33-26)23-8-6-5-7-9-23/h4-9,16-18,22,33H,3,10-15,19H2,1-2H3,(H,34,37)/b29-4-. The number of anilines is 2. The van der Waals surface area contributed by atoms with E-state index in [0.29, 0.717) is 43.3 Å². The lowest BCUT2D eigenvalue weighted by atomic mass is 9.93. The van der Waals surface area contributed by atoms with Crippen LogP contribution in [0.2, 0.25) is 0 Å². The lowest BCUT2D eigenvalue weighted by molar-refractivity contribution is -0.113. The molecule has 3 aliphatic rings. The van der Waals surface area contributed by atoms with Gasteiger partial charge in [-0.3, -0.25) is 9.59 Å². The summed E-state index contributed by atoms with van der Waals surface area (Å²) in [6.45, 7) is 10.8. The molecule has 4 heterocycles. The molecule has 0 bridgehead atoms. The fourth-order valence-corrected chi connectivity index (χ4v) is 5.96. The van der Waals surface area contributed by atoms with Crippen LogP contribution in [0.4, 0.5) is 11.4 Å². The minimum Gasteiger partial charge on any atom is -0.381 e. The SMILES string of the molecule is C=C(C1CCOCC1)N1/C(=C\C)C(=O)Nc2cc(C(=O)N3CCc4[nH]c(-c5ccccc5)cc4C3)c(C)cc21. The Morgan fingerprint density at radius 2 is 1.90 bits per heavy atom.